The summed E-state index contributed by atoms with van der Waals surface area (Å²) in [7, 11) is 0. The van der Waals surface area contributed by atoms with Crippen LogP contribution < -0.4 is 5.56 Å². The van der Waals surface area contributed by atoms with Crippen LogP contribution >= 0.6 is 23.1 Å². The number of thiophene rings is 1. The number of nitrogens with zero attached hydrogens (tertiary/aromatic N) is 3. The summed E-state index contributed by atoms with van der Waals surface area (Å²) in [4.78, 5) is 23.5. The molecule has 0 aliphatic carbocycles. The van der Waals surface area contributed by atoms with E-state index in [1.54, 1.807) is 22.5 Å². The monoisotopic (exact) mass is 409 g/mol. The fraction of sp³-hybridized carbons (Fsp3) is 0.286. The van der Waals surface area contributed by atoms with Crippen LogP contribution in [0.1, 0.15) is 18.4 Å². The average molecular weight is 410 g/mol. The molecule has 0 bridgehead atoms. The molecule has 0 spiro atoms. The maximum Gasteiger partial charge on any atom is 0.272 e. The van der Waals surface area contributed by atoms with Gasteiger partial charge in [-0.3, -0.25) is 9.36 Å². The van der Waals surface area contributed by atoms with E-state index in [0.717, 1.165) is 46.1 Å². The van der Waals surface area contributed by atoms with Gasteiger partial charge in [0.05, 0.1) is 18.2 Å². The minimum atomic E-state index is 0.0130. The molecule has 4 heterocycles. The van der Waals surface area contributed by atoms with E-state index in [2.05, 4.69) is 17.1 Å². The number of rotatable bonds is 5. The van der Waals surface area contributed by atoms with E-state index in [4.69, 9.17) is 9.72 Å². The number of hydrogen-bond donors (Lipinski definition) is 0. The maximum absolute atomic E-state index is 13.4. The zero-order valence-corrected chi connectivity index (χ0v) is 16.8. The van der Waals surface area contributed by atoms with Crippen molar-refractivity contribution in [2.45, 2.75) is 36.4 Å². The standard InChI is InChI=1S/C21H19N3O2S2/c25-20-18-17(16-9-4-10-22-19(16)28-18)23-21(24(20)12-15-8-5-11-26-15)27-13-14-6-2-1-3-7-14/h1-4,6-7,9-10,15H,5,8,11-13H2. The smallest absolute Gasteiger partial charge is 0.272 e. The number of hydrogen-bond acceptors (Lipinski definition) is 6. The van der Waals surface area contributed by atoms with Crippen molar-refractivity contribution in [2.24, 2.45) is 0 Å². The van der Waals surface area contributed by atoms with Gasteiger partial charge in [-0.05, 0) is 30.5 Å². The Morgan fingerprint density at radius 1 is 1.21 bits per heavy atom. The summed E-state index contributed by atoms with van der Waals surface area (Å²) < 4.78 is 8.28. The van der Waals surface area contributed by atoms with Gasteiger partial charge in [-0.25, -0.2) is 9.97 Å². The highest BCUT2D eigenvalue weighted by atomic mass is 32.2. The Morgan fingerprint density at radius 2 is 2.11 bits per heavy atom. The summed E-state index contributed by atoms with van der Waals surface area (Å²) in [6, 6.07) is 14.1. The van der Waals surface area contributed by atoms with E-state index in [9.17, 15) is 4.79 Å². The van der Waals surface area contributed by atoms with Crippen LogP contribution in [-0.2, 0) is 17.0 Å². The second kappa shape index (κ2) is 7.66. The van der Waals surface area contributed by atoms with Crippen LogP contribution in [0.5, 0.6) is 0 Å². The Hall–Kier alpha value is -2.22. The van der Waals surface area contributed by atoms with Crippen molar-refractivity contribution in [1.29, 1.82) is 0 Å². The van der Waals surface area contributed by atoms with Gasteiger partial charge in [0, 0.05) is 23.9 Å². The first-order valence-corrected chi connectivity index (χ1v) is 11.2. The molecule has 3 aromatic heterocycles. The molecular formula is C21H19N3O2S2. The van der Waals surface area contributed by atoms with E-state index in [-0.39, 0.29) is 11.7 Å². The van der Waals surface area contributed by atoms with Gasteiger partial charge in [0.25, 0.3) is 5.56 Å². The Bertz CT molecular complexity index is 1180. The van der Waals surface area contributed by atoms with Crippen LogP contribution in [0, 0.1) is 0 Å². The van der Waals surface area contributed by atoms with Crippen LogP contribution in [-0.4, -0.2) is 27.2 Å². The Kier molecular flexibility index (Phi) is 4.88. The fourth-order valence-electron chi connectivity index (χ4n) is 3.53. The number of benzene rings is 1. The molecule has 5 rings (SSSR count). The molecule has 1 aromatic carbocycles. The normalized spacial score (nSPS) is 16.9. The number of ether oxygens (including phenoxy) is 1. The molecule has 142 valence electrons. The molecule has 1 fully saturated rings. The molecule has 0 radical (unpaired) electrons. The van der Waals surface area contributed by atoms with Crippen molar-refractivity contribution in [1.82, 2.24) is 14.5 Å². The molecule has 0 N–H and O–H groups in total. The molecule has 1 aliphatic rings. The molecule has 1 atom stereocenters. The van der Waals surface area contributed by atoms with Gasteiger partial charge in [0.15, 0.2) is 5.16 Å². The molecule has 0 saturated carbocycles. The summed E-state index contributed by atoms with van der Waals surface area (Å²) in [6.45, 7) is 1.33. The Labute approximate surface area is 170 Å². The summed E-state index contributed by atoms with van der Waals surface area (Å²) in [6.07, 6.45) is 3.88. The number of aromatic nitrogens is 3. The summed E-state index contributed by atoms with van der Waals surface area (Å²) in [5.41, 5.74) is 1.98. The number of thioether (sulfide) groups is 1. The zero-order valence-electron chi connectivity index (χ0n) is 15.2. The van der Waals surface area contributed by atoms with Crippen LogP contribution in [0.15, 0.2) is 58.6 Å². The second-order valence-electron chi connectivity index (χ2n) is 6.86. The fourth-order valence-corrected chi connectivity index (χ4v) is 5.52. The molecule has 1 saturated heterocycles. The molecule has 28 heavy (non-hydrogen) atoms. The van der Waals surface area contributed by atoms with Crippen molar-refractivity contribution in [3.05, 3.63) is 64.6 Å². The van der Waals surface area contributed by atoms with Gasteiger partial charge in [-0.2, -0.15) is 0 Å². The quantitative estimate of drug-likeness (QED) is 0.359. The van der Waals surface area contributed by atoms with Crippen LogP contribution in [0.4, 0.5) is 0 Å². The zero-order chi connectivity index (χ0) is 18.9. The van der Waals surface area contributed by atoms with Crippen molar-refractivity contribution in [3.8, 4) is 0 Å². The summed E-state index contributed by atoms with van der Waals surface area (Å²) in [5.74, 6) is 0.768. The van der Waals surface area contributed by atoms with Gasteiger partial charge in [0.2, 0.25) is 0 Å². The third-order valence-corrected chi connectivity index (χ3v) is 7.08. The molecule has 0 amide bonds. The van der Waals surface area contributed by atoms with Crippen molar-refractivity contribution < 1.29 is 4.74 Å². The van der Waals surface area contributed by atoms with Gasteiger partial charge >= 0.3 is 0 Å². The minimum Gasteiger partial charge on any atom is -0.376 e. The summed E-state index contributed by atoms with van der Waals surface area (Å²) >= 11 is 3.03. The topological polar surface area (TPSA) is 57.0 Å². The van der Waals surface area contributed by atoms with Gasteiger partial charge < -0.3 is 4.74 Å². The Balaban J connectivity index is 1.61. The molecule has 1 aliphatic heterocycles. The van der Waals surface area contributed by atoms with E-state index in [0.29, 0.717) is 11.2 Å². The highest BCUT2D eigenvalue weighted by Crippen LogP contribution is 2.31. The highest BCUT2D eigenvalue weighted by molar-refractivity contribution is 7.98. The molecule has 7 heteroatoms. The van der Waals surface area contributed by atoms with Crippen LogP contribution in [0.2, 0.25) is 0 Å². The predicted octanol–water partition coefficient (Wildman–Crippen LogP) is 4.48. The van der Waals surface area contributed by atoms with Crippen molar-refractivity contribution in [3.63, 3.8) is 0 Å². The lowest BCUT2D eigenvalue weighted by Crippen LogP contribution is -2.28. The lowest BCUT2D eigenvalue weighted by Gasteiger charge is -2.15. The average Bonchev–Trinajstić information content (AvgIpc) is 3.37. The van der Waals surface area contributed by atoms with Gasteiger partial charge in [-0.1, -0.05) is 42.1 Å². The lowest BCUT2D eigenvalue weighted by molar-refractivity contribution is 0.0938. The highest BCUT2D eigenvalue weighted by Gasteiger charge is 2.22. The Morgan fingerprint density at radius 3 is 2.93 bits per heavy atom. The first-order valence-electron chi connectivity index (χ1n) is 9.36. The van der Waals surface area contributed by atoms with Gasteiger partial charge in [0.1, 0.15) is 9.53 Å². The van der Waals surface area contributed by atoms with E-state index in [1.165, 1.54) is 16.9 Å². The number of pyridine rings is 1. The summed E-state index contributed by atoms with van der Waals surface area (Å²) in [5, 5.41) is 1.70. The third kappa shape index (κ3) is 3.34. The van der Waals surface area contributed by atoms with Crippen LogP contribution in [0.25, 0.3) is 20.4 Å². The van der Waals surface area contributed by atoms with E-state index in [1.807, 2.05) is 30.3 Å². The molecule has 5 nitrogen and oxygen atoms in total. The van der Waals surface area contributed by atoms with Crippen molar-refractivity contribution in [2.75, 3.05) is 6.61 Å². The third-order valence-electron chi connectivity index (χ3n) is 4.94. The van der Waals surface area contributed by atoms with Gasteiger partial charge in [-0.15, -0.1) is 11.3 Å². The number of fused-ring (bicyclic) bond motifs is 3. The molecule has 1 unspecified atom stereocenters. The molecular weight excluding hydrogens is 390 g/mol. The first-order chi connectivity index (χ1) is 13.8. The molecule has 4 aromatic rings. The predicted molar refractivity (Wildman–Crippen MR) is 114 cm³/mol. The first kappa shape index (κ1) is 17.8. The lowest BCUT2D eigenvalue weighted by atomic mass is 10.2. The SMILES string of the molecule is O=c1c2sc3ncccc3c2nc(SCc2ccccc2)n1CC1CCCO1. The van der Waals surface area contributed by atoms with E-state index < -0.39 is 0 Å². The largest absolute Gasteiger partial charge is 0.376 e. The van der Waals surface area contributed by atoms with Crippen molar-refractivity contribution >= 4 is 43.5 Å². The minimum absolute atomic E-state index is 0.0130. The second-order valence-corrected chi connectivity index (χ2v) is 8.80. The van der Waals surface area contributed by atoms with Crippen LogP contribution in [0.3, 0.4) is 0 Å². The maximum atomic E-state index is 13.4. The van der Waals surface area contributed by atoms with E-state index >= 15 is 0 Å².